The zero-order valence-corrected chi connectivity index (χ0v) is 13.2. The first kappa shape index (κ1) is 16.3. The molecule has 7 heteroatoms. The monoisotopic (exact) mass is 344 g/mol. The molecule has 2 aromatic rings. The van der Waals surface area contributed by atoms with Gasteiger partial charge in [0.1, 0.15) is 11.8 Å². The largest absolute Gasteiger partial charge is 0.433 e. The Hall–Kier alpha value is -1.53. The summed E-state index contributed by atoms with van der Waals surface area (Å²) in [4.78, 5) is 0. The van der Waals surface area contributed by atoms with E-state index in [2.05, 4.69) is 5.10 Å². The van der Waals surface area contributed by atoms with Crippen LogP contribution in [0.4, 0.5) is 13.2 Å². The number of hydrogen-bond donors (Lipinski definition) is 1. The van der Waals surface area contributed by atoms with Crippen LogP contribution in [0.1, 0.15) is 54.4 Å². The van der Waals surface area contributed by atoms with Crippen molar-refractivity contribution in [2.75, 3.05) is 0 Å². The lowest BCUT2D eigenvalue weighted by Gasteiger charge is -2.17. The van der Waals surface area contributed by atoms with E-state index < -0.39 is 18.0 Å². The van der Waals surface area contributed by atoms with E-state index >= 15 is 0 Å². The summed E-state index contributed by atoms with van der Waals surface area (Å²) in [7, 11) is 0. The van der Waals surface area contributed by atoms with Gasteiger partial charge in [0.2, 0.25) is 0 Å². The number of benzene rings is 1. The summed E-state index contributed by atoms with van der Waals surface area (Å²) in [5, 5.41) is 15.1. The molecule has 0 amide bonds. The Morgan fingerprint density at radius 1 is 1.30 bits per heavy atom. The average molecular weight is 345 g/mol. The summed E-state index contributed by atoms with van der Waals surface area (Å²) in [6.45, 7) is 1.73. The number of hydrogen-bond acceptors (Lipinski definition) is 2. The van der Waals surface area contributed by atoms with Crippen molar-refractivity contribution in [3.63, 3.8) is 0 Å². The van der Waals surface area contributed by atoms with Crippen LogP contribution < -0.4 is 0 Å². The molecular formula is C16H16ClF3N2O. The van der Waals surface area contributed by atoms with Crippen LogP contribution in [0.25, 0.3) is 0 Å². The molecular weight excluding hydrogens is 329 g/mol. The van der Waals surface area contributed by atoms with Gasteiger partial charge in [0.05, 0.1) is 11.7 Å². The fourth-order valence-electron chi connectivity index (χ4n) is 2.72. The molecule has 1 fully saturated rings. The first-order valence-corrected chi connectivity index (χ1v) is 7.82. The first-order chi connectivity index (χ1) is 10.8. The molecule has 0 saturated heterocycles. The fourth-order valence-corrected chi connectivity index (χ4v) is 2.85. The van der Waals surface area contributed by atoms with Gasteiger partial charge in [-0.05, 0) is 37.0 Å². The van der Waals surface area contributed by atoms with E-state index in [0.717, 1.165) is 4.68 Å². The molecule has 3 nitrogen and oxygen atoms in total. The number of nitrogens with zero attached hydrogens (tertiary/aromatic N) is 2. The van der Waals surface area contributed by atoms with Crippen molar-refractivity contribution in [1.82, 2.24) is 9.78 Å². The summed E-state index contributed by atoms with van der Waals surface area (Å²) in [5.41, 5.74) is -0.329. The van der Waals surface area contributed by atoms with Crippen LogP contribution in [-0.2, 0) is 12.6 Å². The van der Waals surface area contributed by atoms with Gasteiger partial charge in [-0.25, -0.2) is 0 Å². The Morgan fingerprint density at radius 2 is 1.91 bits per heavy atom. The second kappa shape index (κ2) is 5.83. The van der Waals surface area contributed by atoms with Gasteiger partial charge in [0.15, 0.2) is 0 Å². The molecule has 23 heavy (non-hydrogen) atoms. The van der Waals surface area contributed by atoms with Crippen LogP contribution in [-0.4, -0.2) is 14.9 Å². The number of aliphatic hydroxyl groups excluding tert-OH is 1. The van der Waals surface area contributed by atoms with E-state index in [9.17, 15) is 18.3 Å². The summed E-state index contributed by atoms with van der Waals surface area (Å²) in [6, 6.07) is 5.93. The van der Waals surface area contributed by atoms with Gasteiger partial charge in [-0.2, -0.15) is 18.3 Å². The quantitative estimate of drug-likeness (QED) is 0.884. The molecule has 1 saturated carbocycles. The summed E-state index contributed by atoms with van der Waals surface area (Å²) in [6.07, 6.45) is -4.25. The Labute approximate surface area is 136 Å². The van der Waals surface area contributed by atoms with Gasteiger partial charge in [-0.1, -0.05) is 30.7 Å². The van der Waals surface area contributed by atoms with E-state index in [1.807, 2.05) is 0 Å². The molecule has 1 aromatic heterocycles. The number of halogens is 4. The van der Waals surface area contributed by atoms with Crippen LogP contribution in [0.15, 0.2) is 24.3 Å². The number of aliphatic hydroxyl groups is 1. The van der Waals surface area contributed by atoms with Crippen molar-refractivity contribution in [2.24, 2.45) is 0 Å². The Morgan fingerprint density at radius 3 is 2.39 bits per heavy atom. The third-order valence-electron chi connectivity index (χ3n) is 3.98. The third-order valence-corrected chi connectivity index (χ3v) is 4.23. The van der Waals surface area contributed by atoms with Gasteiger partial charge in [-0.3, -0.25) is 4.68 Å². The molecule has 1 N–H and O–H groups in total. The molecule has 1 aliphatic carbocycles. The van der Waals surface area contributed by atoms with Gasteiger partial charge in [0.25, 0.3) is 0 Å². The van der Waals surface area contributed by atoms with Crippen LogP contribution in [0, 0.1) is 0 Å². The zero-order valence-electron chi connectivity index (χ0n) is 12.4. The van der Waals surface area contributed by atoms with Crippen molar-refractivity contribution in [2.45, 2.75) is 44.5 Å². The van der Waals surface area contributed by atoms with E-state index in [1.54, 1.807) is 19.1 Å². The lowest BCUT2D eigenvalue weighted by Crippen LogP contribution is -2.17. The number of aromatic nitrogens is 2. The Kier molecular flexibility index (Phi) is 4.14. The lowest BCUT2D eigenvalue weighted by molar-refractivity contribution is -0.145. The average Bonchev–Trinajstić information content (AvgIpc) is 3.25. The zero-order chi connectivity index (χ0) is 16.8. The van der Waals surface area contributed by atoms with Crippen molar-refractivity contribution in [1.29, 1.82) is 0 Å². The highest BCUT2D eigenvalue weighted by atomic mass is 35.5. The van der Waals surface area contributed by atoms with E-state index in [0.29, 0.717) is 29.8 Å². The third kappa shape index (κ3) is 3.10. The molecule has 1 aliphatic rings. The summed E-state index contributed by atoms with van der Waals surface area (Å²) >= 11 is 5.80. The highest BCUT2D eigenvalue weighted by Gasteiger charge is 2.44. The van der Waals surface area contributed by atoms with Crippen LogP contribution in [0.5, 0.6) is 0 Å². The highest BCUT2D eigenvalue weighted by Crippen LogP contribution is 2.44. The minimum Gasteiger partial charge on any atom is -0.384 e. The minimum atomic E-state index is -4.56. The van der Waals surface area contributed by atoms with Crippen molar-refractivity contribution in [3.05, 3.63) is 51.8 Å². The molecule has 3 rings (SSSR count). The minimum absolute atomic E-state index is 0.144. The second-order valence-electron chi connectivity index (χ2n) is 5.69. The molecule has 1 heterocycles. The molecule has 1 unspecified atom stereocenters. The second-order valence-corrected chi connectivity index (χ2v) is 6.13. The maximum absolute atomic E-state index is 13.6. The van der Waals surface area contributed by atoms with Crippen molar-refractivity contribution in [3.8, 4) is 0 Å². The molecule has 0 bridgehead atoms. The topological polar surface area (TPSA) is 38.0 Å². The number of aryl methyl sites for hydroxylation is 1. The smallest absolute Gasteiger partial charge is 0.384 e. The first-order valence-electron chi connectivity index (χ1n) is 7.45. The van der Waals surface area contributed by atoms with Gasteiger partial charge >= 0.3 is 6.18 Å². The van der Waals surface area contributed by atoms with E-state index in [4.69, 9.17) is 11.6 Å². The maximum Gasteiger partial charge on any atom is 0.433 e. The number of alkyl halides is 3. The summed E-state index contributed by atoms with van der Waals surface area (Å²) in [5.74, 6) is 0. The number of rotatable bonds is 4. The fraction of sp³-hybridized carbons (Fsp3) is 0.438. The predicted molar refractivity (Wildman–Crippen MR) is 80.4 cm³/mol. The van der Waals surface area contributed by atoms with E-state index in [1.165, 1.54) is 12.1 Å². The SMILES string of the molecule is CCc1nn(C2CC2)c(C(F)(F)F)c1C(O)c1ccc(Cl)cc1. The summed E-state index contributed by atoms with van der Waals surface area (Å²) < 4.78 is 41.8. The van der Waals surface area contributed by atoms with Crippen LogP contribution in [0.3, 0.4) is 0 Å². The Bertz CT molecular complexity index is 705. The van der Waals surface area contributed by atoms with Gasteiger partial charge in [-0.15, -0.1) is 0 Å². The van der Waals surface area contributed by atoms with E-state index in [-0.39, 0.29) is 17.3 Å². The van der Waals surface area contributed by atoms with Gasteiger partial charge < -0.3 is 5.11 Å². The van der Waals surface area contributed by atoms with Crippen molar-refractivity contribution >= 4 is 11.6 Å². The highest BCUT2D eigenvalue weighted by molar-refractivity contribution is 6.30. The standard InChI is InChI=1S/C16H16ClF3N2O/c1-2-12-13(14(23)9-3-5-10(17)6-4-9)15(16(18,19)20)22(21-12)11-7-8-11/h3-6,11,14,23H,2,7-8H2,1H3. The molecule has 1 atom stereocenters. The van der Waals surface area contributed by atoms with Crippen LogP contribution >= 0.6 is 11.6 Å². The van der Waals surface area contributed by atoms with Gasteiger partial charge in [0, 0.05) is 10.6 Å². The molecule has 0 radical (unpaired) electrons. The Balaban J connectivity index is 2.14. The van der Waals surface area contributed by atoms with Crippen LogP contribution in [0.2, 0.25) is 5.02 Å². The normalized spacial score (nSPS) is 16.6. The lowest BCUT2D eigenvalue weighted by atomic mass is 9.98. The van der Waals surface area contributed by atoms with Crippen molar-refractivity contribution < 1.29 is 18.3 Å². The molecule has 124 valence electrons. The molecule has 0 aliphatic heterocycles. The maximum atomic E-state index is 13.6. The molecule has 0 spiro atoms. The molecule has 1 aromatic carbocycles. The predicted octanol–water partition coefficient (Wildman–Crippen LogP) is 4.53.